The predicted octanol–water partition coefficient (Wildman–Crippen LogP) is 1.75. The summed E-state index contributed by atoms with van der Waals surface area (Å²) in [4.78, 5) is 39.7. The van der Waals surface area contributed by atoms with Crippen LogP contribution in [0.15, 0.2) is 58.3 Å². The normalized spacial score (nSPS) is 12.4. The molecule has 0 bridgehead atoms. The molecule has 8 nitrogen and oxygen atoms in total. The number of aromatic nitrogens is 2. The topological polar surface area (TPSA) is 102 Å². The Morgan fingerprint density at radius 1 is 1.10 bits per heavy atom. The Morgan fingerprint density at radius 3 is 2.66 bits per heavy atom. The van der Waals surface area contributed by atoms with Crippen molar-refractivity contribution in [1.29, 1.82) is 0 Å². The molecule has 1 aliphatic rings. The fraction of sp³-hybridized carbons (Fsp3) is 0.150. The van der Waals surface area contributed by atoms with Crippen molar-refractivity contribution in [3.63, 3.8) is 0 Å². The Labute approximate surface area is 163 Å². The van der Waals surface area contributed by atoms with Gasteiger partial charge >= 0.3 is 5.69 Å². The van der Waals surface area contributed by atoms with Crippen LogP contribution in [0.5, 0.6) is 11.5 Å². The first-order valence-electron chi connectivity index (χ1n) is 8.80. The van der Waals surface area contributed by atoms with Crippen molar-refractivity contribution in [2.45, 2.75) is 6.54 Å². The van der Waals surface area contributed by atoms with Crippen LogP contribution in [0, 0.1) is 5.82 Å². The average molecular weight is 397 g/mol. The maximum atomic E-state index is 13.9. The number of halogens is 1. The second kappa shape index (κ2) is 7.63. The van der Waals surface area contributed by atoms with E-state index in [1.54, 1.807) is 24.3 Å². The number of H-pyrrole nitrogens is 1. The fourth-order valence-electron chi connectivity index (χ4n) is 2.93. The number of fused-ring (bicyclic) bond motifs is 1. The van der Waals surface area contributed by atoms with Crippen LogP contribution in [0.3, 0.4) is 0 Å². The van der Waals surface area contributed by atoms with Gasteiger partial charge in [0, 0.05) is 23.5 Å². The van der Waals surface area contributed by atoms with E-state index in [1.165, 1.54) is 18.2 Å². The molecule has 0 fully saturated rings. The molecular formula is C20H16FN3O5. The van der Waals surface area contributed by atoms with Gasteiger partial charge in [0.15, 0.2) is 11.5 Å². The number of carbonyl (C=O) groups is 1. The number of hydrogen-bond donors (Lipinski definition) is 2. The van der Waals surface area contributed by atoms with Gasteiger partial charge in [-0.25, -0.2) is 9.18 Å². The molecule has 0 spiro atoms. The average Bonchev–Trinajstić information content (AvgIpc) is 2.72. The minimum atomic E-state index is -0.827. The summed E-state index contributed by atoms with van der Waals surface area (Å²) >= 11 is 0. The standard InChI is InChI=1S/C20H16FN3O5/c21-15-4-2-1-3-12(15)11-24-19(26)14(10-22-20(24)27)18(25)23-13-5-6-16-17(9-13)29-8-7-28-16/h1-6,9-10H,7-8,11H2,(H,22,27)(H,23,25). The van der Waals surface area contributed by atoms with Crippen molar-refractivity contribution in [3.05, 3.63) is 86.4 Å². The summed E-state index contributed by atoms with van der Waals surface area (Å²) in [6, 6.07) is 10.6. The molecule has 0 atom stereocenters. The third kappa shape index (κ3) is 3.75. The highest BCUT2D eigenvalue weighted by Gasteiger charge is 2.18. The second-order valence-corrected chi connectivity index (χ2v) is 6.30. The lowest BCUT2D eigenvalue weighted by atomic mass is 10.2. The molecule has 148 valence electrons. The van der Waals surface area contributed by atoms with Gasteiger partial charge in [0.05, 0.1) is 6.54 Å². The van der Waals surface area contributed by atoms with Gasteiger partial charge in [0.1, 0.15) is 24.6 Å². The van der Waals surface area contributed by atoms with Crippen LogP contribution in [0.1, 0.15) is 15.9 Å². The summed E-state index contributed by atoms with van der Waals surface area (Å²) in [6.07, 6.45) is 1.04. The smallest absolute Gasteiger partial charge is 0.328 e. The molecule has 1 aliphatic heterocycles. The van der Waals surface area contributed by atoms with Gasteiger partial charge in [-0.15, -0.1) is 0 Å². The van der Waals surface area contributed by atoms with Gasteiger partial charge in [-0.2, -0.15) is 0 Å². The van der Waals surface area contributed by atoms with E-state index in [0.717, 1.165) is 10.8 Å². The summed E-state index contributed by atoms with van der Waals surface area (Å²) < 4.78 is 25.6. The first-order valence-corrected chi connectivity index (χ1v) is 8.80. The van der Waals surface area contributed by atoms with Gasteiger partial charge in [-0.1, -0.05) is 18.2 Å². The van der Waals surface area contributed by atoms with Crippen molar-refractivity contribution < 1.29 is 18.7 Å². The van der Waals surface area contributed by atoms with Crippen molar-refractivity contribution >= 4 is 11.6 Å². The lowest BCUT2D eigenvalue weighted by Gasteiger charge is -2.19. The minimum Gasteiger partial charge on any atom is -0.486 e. The molecular weight excluding hydrogens is 381 g/mol. The lowest BCUT2D eigenvalue weighted by molar-refractivity contribution is 0.102. The third-order valence-electron chi connectivity index (χ3n) is 4.39. The zero-order chi connectivity index (χ0) is 20.4. The Morgan fingerprint density at radius 2 is 1.86 bits per heavy atom. The lowest BCUT2D eigenvalue weighted by Crippen LogP contribution is -2.39. The van der Waals surface area contributed by atoms with E-state index in [4.69, 9.17) is 9.47 Å². The number of benzene rings is 2. The highest BCUT2D eigenvalue weighted by atomic mass is 19.1. The summed E-state index contributed by atoms with van der Waals surface area (Å²) in [5.74, 6) is -0.229. The number of hydrogen-bond acceptors (Lipinski definition) is 5. The zero-order valence-corrected chi connectivity index (χ0v) is 15.1. The Kier molecular flexibility index (Phi) is 4.86. The van der Waals surface area contributed by atoms with Crippen LogP contribution in [0.2, 0.25) is 0 Å². The molecule has 2 N–H and O–H groups in total. The van der Waals surface area contributed by atoms with Crippen LogP contribution >= 0.6 is 0 Å². The number of carbonyl (C=O) groups excluding carboxylic acids is 1. The van der Waals surface area contributed by atoms with Crippen LogP contribution in [0.4, 0.5) is 10.1 Å². The van der Waals surface area contributed by atoms with E-state index < -0.39 is 23.0 Å². The van der Waals surface area contributed by atoms with E-state index in [9.17, 15) is 18.8 Å². The molecule has 0 radical (unpaired) electrons. The third-order valence-corrected chi connectivity index (χ3v) is 4.39. The summed E-state index contributed by atoms with van der Waals surface area (Å²) in [6.45, 7) is 0.536. The van der Waals surface area contributed by atoms with Gasteiger partial charge in [0.25, 0.3) is 11.5 Å². The van der Waals surface area contributed by atoms with Gasteiger partial charge < -0.3 is 19.8 Å². The predicted molar refractivity (Wildman–Crippen MR) is 102 cm³/mol. The van der Waals surface area contributed by atoms with E-state index in [-0.39, 0.29) is 17.7 Å². The molecule has 1 amide bonds. The van der Waals surface area contributed by atoms with Gasteiger partial charge in [0.2, 0.25) is 0 Å². The number of nitrogens with zero attached hydrogens (tertiary/aromatic N) is 1. The van der Waals surface area contributed by atoms with E-state index in [0.29, 0.717) is 30.4 Å². The second-order valence-electron chi connectivity index (χ2n) is 6.30. The fourth-order valence-corrected chi connectivity index (χ4v) is 2.93. The Bertz CT molecular complexity index is 1200. The first kappa shape index (κ1) is 18.5. The number of rotatable bonds is 4. The zero-order valence-electron chi connectivity index (χ0n) is 15.1. The quantitative estimate of drug-likeness (QED) is 0.698. The molecule has 4 rings (SSSR count). The van der Waals surface area contributed by atoms with Crippen LogP contribution in [-0.2, 0) is 6.54 Å². The molecule has 3 aromatic rings. The van der Waals surface area contributed by atoms with Crippen LogP contribution in [-0.4, -0.2) is 28.7 Å². The number of anilines is 1. The highest BCUT2D eigenvalue weighted by Crippen LogP contribution is 2.32. The van der Waals surface area contributed by atoms with Gasteiger partial charge in [-0.3, -0.25) is 14.2 Å². The van der Waals surface area contributed by atoms with E-state index >= 15 is 0 Å². The molecule has 0 saturated carbocycles. The van der Waals surface area contributed by atoms with Crippen molar-refractivity contribution in [2.24, 2.45) is 0 Å². The molecule has 0 aliphatic carbocycles. The molecule has 0 unspecified atom stereocenters. The molecule has 2 heterocycles. The Balaban J connectivity index is 1.62. The number of amides is 1. The van der Waals surface area contributed by atoms with Crippen molar-refractivity contribution in [3.8, 4) is 11.5 Å². The molecule has 0 saturated heterocycles. The van der Waals surface area contributed by atoms with E-state index in [1.807, 2.05) is 0 Å². The molecule has 9 heteroatoms. The number of ether oxygens (including phenoxy) is 2. The largest absolute Gasteiger partial charge is 0.486 e. The van der Waals surface area contributed by atoms with Crippen LogP contribution in [0.25, 0.3) is 0 Å². The van der Waals surface area contributed by atoms with Crippen molar-refractivity contribution in [2.75, 3.05) is 18.5 Å². The summed E-state index contributed by atoms with van der Waals surface area (Å²) in [7, 11) is 0. The summed E-state index contributed by atoms with van der Waals surface area (Å²) in [5.41, 5.74) is -1.30. The van der Waals surface area contributed by atoms with Crippen LogP contribution < -0.4 is 26.0 Å². The highest BCUT2D eigenvalue weighted by molar-refractivity contribution is 6.03. The maximum absolute atomic E-state index is 13.9. The minimum absolute atomic E-state index is 0.157. The molecule has 1 aromatic heterocycles. The number of aromatic amines is 1. The van der Waals surface area contributed by atoms with Crippen molar-refractivity contribution in [1.82, 2.24) is 9.55 Å². The first-order chi connectivity index (χ1) is 14.0. The van der Waals surface area contributed by atoms with E-state index in [2.05, 4.69) is 10.3 Å². The Hall–Kier alpha value is -3.88. The SMILES string of the molecule is O=C(Nc1ccc2c(c1)OCCO2)c1c[nH]c(=O)n(Cc2ccccc2F)c1=O. The maximum Gasteiger partial charge on any atom is 0.328 e. The molecule has 2 aromatic carbocycles. The van der Waals surface area contributed by atoms with Gasteiger partial charge in [-0.05, 0) is 18.2 Å². The monoisotopic (exact) mass is 397 g/mol. The summed E-state index contributed by atoms with van der Waals surface area (Å²) in [5, 5.41) is 2.59. The number of nitrogens with one attached hydrogen (secondary N) is 2. The molecule has 29 heavy (non-hydrogen) atoms.